The highest BCUT2D eigenvalue weighted by Crippen LogP contribution is 2.34. The minimum Gasteiger partial charge on any atom is -0.393 e. The van der Waals surface area contributed by atoms with Gasteiger partial charge in [-0.3, -0.25) is 0 Å². The smallest absolute Gasteiger partial charge is 0.393 e. The molecular formula is C14H15F3N2OS. The van der Waals surface area contributed by atoms with E-state index in [0.29, 0.717) is 28.6 Å². The minimum absolute atomic E-state index is 0.131. The van der Waals surface area contributed by atoms with Gasteiger partial charge in [-0.2, -0.15) is 13.2 Å². The molecule has 0 atom stereocenters. The maximum atomic E-state index is 12.7. The fourth-order valence-electron chi connectivity index (χ4n) is 2.99. The van der Waals surface area contributed by atoms with Crippen molar-refractivity contribution in [2.24, 2.45) is 0 Å². The van der Waals surface area contributed by atoms with Crippen molar-refractivity contribution in [3.05, 3.63) is 28.5 Å². The van der Waals surface area contributed by atoms with E-state index in [2.05, 4.69) is 4.98 Å². The lowest BCUT2D eigenvalue weighted by Gasteiger charge is -2.27. The van der Waals surface area contributed by atoms with Gasteiger partial charge in [0.1, 0.15) is 0 Å². The Morgan fingerprint density at radius 2 is 1.86 bits per heavy atom. The summed E-state index contributed by atoms with van der Waals surface area (Å²) in [6, 6.07) is 3.78. The van der Waals surface area contributed by atoms with Crippen LogP contribution in [0.4, 0.5) is 13.2 Å². The molecule has 0 amide bonds. The number of nitrogens with one attached hydrogen (secondary N) is 1. The molecule has 3 nitrogen and oxygen atoms in total. The monoisotopic (exact) mass is 316 g/mol. The first-order chi connectivity index (χ1) is 9.86. The Balaban J connectivity index is 2.04. The Kier molecular flexibility index (Phi) is 3.57. The SMILES string of the molecule is OC1CCC(n2c(=S)[nH]c3cc(C(F)(F)F)ccc32)CC1. The predicted molar refractivity (Wildman–Crippen MR) is 75.6 cm³/mol. The molecule has 0 saturated heterocycles. The molecule has 0 bridgehead atoms. The normalized spacial score (nSPS) is 23.6. The zero-order chi connectivity index (χ0) is 15.2. The summed E-state index contributed by atoms with van der Waals surface area (Å²) in [5, 5.41) is 9.56. The van der Waals surface area contributed by atoms with Crippen LogP contribution in [-0.2, 0) is 6.18 Å². The van der Waals surface area contributed by atoms with Gasteiger partial charge in [-0.25, -0.2) is 0 Å². The molecule has 1 aromatic carbocycles. The van der Waals surface area contributed by atoms with Crippen molar-refractivity contribution in [1.82, 2.24) is 9.55 Å². The summed E-state index contributed by atoms with van der Waals surface area (Å²) in [5.74, 6) is 0. The van der Waals surface area contributed by atoms with Crippen LogP contribution in [0.3, 0.4) is 0 Å². The summed E-state index contributed by atoms with van der Waals surface area (Å²) in [7, 11) is 0. The molecule has 1 saturated carbocycles. The third-order valence-corrected chi connectivity index (χ3v) is 4.37. The number of hydrogen-bond acceptors (Lipinski definition) is 2. The molecule has 21 heavy (non-hydrogen) atoms. The Hall–Kier alpha value is -1.34. The molecule has 1 fully saturated rings. The van der Waals surface area contributed by atoms with Crippen LogP contribution in [0.1, 0.15) is 37.3 Å². The number of H-pyrrole nitrogens is 1. The lowest BCUT2D eigenvalue weighted by Crippen LogP contribution is -2.21. The number of imidazole rings is 1. The Bertz CT molecular complexity index is 711. The van der Waals surface area contributed by atoms with Crippen molar-refractivity contribution < 1.29 is 18.3 Å². The van der Waals surface area contributed by atoms with Crippen LogP contribution in [0.2, 0.25) is 0 Å². The second-order valence-electron chi connectivity index (χ2n) is 5.49. The summed E-state index contributed by atoms with van der Waals surface area (Å²) >= 11 is 5.26. The predicted octanol–water partition coefficient (Wildman–Crippen LogP) is 4.19. The number of alkyl halides is 3. The molecule has 2 aromatic rings. The second-order valence-corrected chi connectivity index (χ2v) is 5.88. The Morgan fingerprint density at radius 1 is 1.19 bits per heavy atom. The highest BCUT2D eigenvalue weighted by molar-refractivity contribution is 7.71. The average molecular weight is 316 g/mol. The number of nitrogens with zero attached hydrogens (tertiary/aromatic N) is 1. The first-order valence-corrected chi connectivity index (χ1v) is 7.26. The molecule has 0 spiro atoms. The van der Waals surface area contributed by atoms with E-state index >= 15 is 0 Å². The number of halogens is 3. The highest BCUT2D eigenvalue weighted by Gasteiger charge is 2.31. The third-order valence-electron chi connectivity index (χ3n) is 4.08. The zero-order valence-corrected chi connectivity index (χ0v) is 12.0. The molecule has 1 aromatic heterocycles. The Morgan fingerprint density at radius 3 is 2.48 bits per heavy atom. The number of hydrogen-bond donors (Lipinski definition) is 2. The number of fused-ring (bicyclic) bond motifs is 1. The number of benzene rings is 1. The van der Waals surface area contributed by atoms with Gasteiger partial charge in [0.05, 0.1) is 22.7 Å². The maximum absolute atomic E-state index is 12.7. The molecule has 7 heteroatoms. The van der Waals surface area contributed by atoms with Crippen LogP contribution in [0.25, 0.3) is 11.0 Å². The standard InChI is InChI=1S/C14H15F3N2OS/c15-14(16,17)8-1-6-12-11(7-8)18-13(21)19(12)9-2-4-10(20)5-3-9/h1,6-7,9-10,20H,2-5H2,(H,18,21). The van der Waals surface area contributed by atoms with Crippen molar-refractivity contribution in [1.29, 1.82) is 0 Å². The molecule has 0 aliphatic heterocycles. The van der Waals surface area contributed by atoms with E-state index in [9.17, 15) is 18.3 Å². The van der Waals surface area contributed by atoms with Crippen molar-refractivity contribution in [2.75, 3.05) is 0 Å². The van der Waals surface area contributed by atoms with E-state index in [4.69, 9.17) is 12.2 Å². The van der Waals surface area contributed by atoms with Crippen molar-refractivity contribution >= 4 is 23.3 Å². The fraction of sp³-hybridized carbons (Fsp3) is 0.500. The summed E-state index contributed by atoms with van der Waals surface area (Å²) < 4.78 is 40.6. The first kappa shape index (κ1) is 14.6. The fourth-order valence-corrected chi connectivity index (χ4v) is 3.34. The number of aliphatic hydroxyl groups is 1. The quantitative estimate of drug-likeness (QED) is 0.774. The van der Waals surface area contributed by atoms with Crippen LogP contribution < -0.4 is 0 Å². The van der Waals surface area contributed by atoms with Gasteiger partial charge in [0.2, 0.25) is 0 Å². The van der Waals surface area contributed by atoms with Crippen LogP contribution in [-0.4, -0.2) is 20.8 Å². The van der Waals surface area contributed by atoms with E-state index < -0.39 is 11.7 Å². The minimum atomic E-state index is -4.36. The molecule has 0 radical (unpaired) electrons. The van der Waals surface area contributed by atoms with Gasteiger partial charge in [0.25, 0.3) is 0 Å². The Labute approximate surface area is 124 Å². The molecular weight excluding hydrogens is 301 g/mol. The van der Waals surface area contributed by atoms with Crippen LogP contribution in [0.15, 0.2) is 18.2 Å². The lowest BCUT2D eigenvalue weighted by molar-refractivity contribution is -0.137. The van der Waals surface area contributed by atoms with Crippen molar-refractivity contribution in [3.63, 3.8) is 0 Å². The van der Waals surface area contributed by atoms with Gasteiger partial charge >= 0.3 is 6.18 Å². The van der Waals surface area contributed by atoms with Gasteiger partial charge in [-0.1, -0.05) is 0 Å². The van der Waals surface area contributed by atoms with Crippen molar-refractivity contribution in [2.45, 2.75) is 44.0 Å². The zero-order valence-electron chi connectivity index (χ0n) is 11.2. The second kappa shape index (κ2) is 5.14. The third kappa shape index (κ3) is 2.72. The molecule has 2 N–H and O–H groups in total. The highest BCUT2D eigenvalue weighted by atomic mass is 32.1. The van der Waals surface area contributed by atoms with Gasteiger partial charge in [0.15, 0.2) is 4.77 Å². The lowest BCUT2D eigenvalue weighted by atomic mass is 9.93. The molecule has 3 rings (SSSR count). The van der Waals surface area contributed by atoms with Gasteiger partial charge in [-0.05, 0) is 56.1 Å². The molecule has 114 valence electrons. The first-order valence-electron chi connectivity index (χ1n) is 6.86. The average Bonchev–Trinajstić information content (AvgIpc) is 2.74. The summed E-state index contributed by atoms with van der Waals surface area (Å²) in [6.07, 6.45) is -1.69. The summed E-state index contributed by atoms with van der Waals surface area (Å²) in [4.78, 5) is 2.86. The summed E-state index contributed by atoms with van der Waals surface area (Å²) in [6.45, 7) is 0. The van der Waals surface area contributed by atoms with Crippen molar-refractivity contribution in [3.8, 4) is 0 Å². The van der Waals surface area contributed by atoms with Gasteiger partial charge in [-0.15, -0.1) is 0 Å². The molecule has 1 aliphatic carbocycles. The van der Waals surface area contributed by atoms with E-state index in [0.717, 1.165) is 25.0 Å². The van der Waals surface area contributed by atoms with Crippen LogP contribution >= 0.6 is 12.2 Å². The van der Waals surface area contributed by atoms with E-state index in [-0.39, 0.29) is 12.1 Å². The van der Waals surface area contributed by atoms with E-state index in [1.807, 2.05) is 4.57 Å². The van der Waals surface area contributed by atoms with Crippen LogP contribution in [0, 0.1) is 4.77 Å². The number of aromatic nitrogens is 2. The molecule has 0 unspecified atom stereocenters. The molecule has 1 aliphatic rings. The number of rotatable bonds is 1. The van der Waals surface area contributed by atoms with Gasteiger partial charge in [0, 0.05) is 6.04 Å². The van der Waals surface area contributed by atoms with Crippen LogP contribution in [0.5, 0.6) is 0 Å². The van der Waals surface area contributed by atoms with Gasteiger partial charge < -0.3 is 14.7 Å². The topological polar surface area (TPSA) is 41.0 Å². The largest absolute Gasteiger partial charge is 0.416 e. The molecule has 1 heterocycles. The van der Waals surface area contributed by atoms with E-state index in [1.54, 1.807) is 0 Å². The number of aliphatic hydroxyl groups excluding tert-OH is 1. The summed E-state index contributed by atoms with van der Waals surface area (Å²) in [5.41, 5.74) is 0.410. The maximum Gasteiger partial charge on any atom is 0.416 e. The van der Waals surface area contributed by atoms with E-state index in [1.165, 1.54) is 6.07 Å². The number of aromatic amines is 1.